The zero-order chi connectivity index (χ0) is 9.26. The second kappa shape index (κ2) is 4.00. The van der Waals surface area contributed by atoms with Gasteiger partial charge >= 0.3 is 0 Å². The van der Waals surface area contributed by atoms with Crippen LogP contribution in [0.3, 0.4) is 0 Å². The molecule has 3 unspecified atom stereocenters. The second-order valence-electron chi connectivity index (χ2n) is 4.84. The van der Waals surface area contributed by atoms with Crippen molar-refractivity contribution in [2.45, 2.75) is 52.1 Å². The highest BCUT2D eigenvalue weighted by Gasteiger charge is 2.37. The topological polar surface area (TPSA) is 9.23 Å². The molecule has 2 fully saturated rings. The molecule has 0 N–H and O–H groups in total. The van der Waals surface area contributed by atoms with Crippen molar-refractivity contribution >= 4 is 0 Å². The number of rotatable bonds is 1. The van der Waals surface area contributed by atoms with E-state index in [1.165, 1.54) is 32.1 Å². The fourth-order valence-corrected chi connectivity index (χ4v) is 3.29. The summed E-state index contributed by atoms with van der Waals surface area (Å²) < 4.78 is 5.93. The lowest BCUT2D eigenvalue weighted by Crippen LogP contribution is -2.42. The fraction of sp³-hybridized carbons (Fsp3) is 1.00. The molecule has 0 bridgehead atoms. The number of fused-ring (bicyclic) bond motifs is 1. The van der Waals surface area contributed by atoms with Gasteiger partial charge in [-0.3, -0.25) is 0 Å². The summed E-state index contributed by atoms with van der Waals surface area (Å²) in [6, 6.07) is 0. The summed E-state index contributed by atoms with van der Waals surface area (Å²) in [4.78, 5) is 0. The van der Waals surface area contributed by atoms with E-state index in [2.05, 4.69) is 13.8 Å². The highest BCUT2D eigenvalue weighted by atomic mass is 16.5. The van der Waals surface area contributed by atoms with Crippen LogP contribution in [0.4, 0.5) is 0 Å². The second-order valence-corrected chi connectivity index (χ2v) is 4.84. The van der Waals surface area contributed by atoms with Crippen LogP contribution in [0.1, 0.15) is 46.0 Å². The summed E-state index contributed by atoms with van der Waals surface area (Å²) in [7, 11) is 0. The molecule has 1 saturated carbocycles. The Labute approximate surface area is 81.9 Å². The van der Waals surface area contributed by atoms with Crippen molar-refractivity contribution in [3.05, 3.63) is 0 Å². The molecule has 1 saturated heterocycles. The van der Waals surface area contributed by atoms with Gasteiger partial charge in [-0.05, 0) is 43.4 Å². The Morgan fingerprint density at radius 2 is 2.08 bits per heavy atom. The van der Waals surface area contributed by atoms with Crippen molar-refractivity contribution in [1.82, 2.24) is 0 Å². The van der Waals surface area contributed by atoms with Crippen LogP contribution >= 0.6 is 0 Å². The molecule has 1 heterocycles. The van der Waals surface area contributed by atoms with Crippen LogP contribution in [0, 0.1) is 17.8 Å². The SMILES string of the molecule is CCC1CCC2CCCOC2[C@H]1C. The van der Waals surface area contributed by atoms with Gasteiger partial charge in [-0.1, -0.05) is 20.3 Å². The molecule has 1 heteroatoms. The molecule has 76 valence electrons. The van der Waals surface area contributed by atoms with Crippen molar-refractivity contribution < 1.29 is 4.74 Å². The van der Waals surface area contributed by atoms with Crippen molar-refractivity contribution in [2.24, 2.45) is 17.8 Å². The number of hydrogen-bond donors (Lipinski definition) is 0. The molecule has 2 aliphatic rings. The van der Waals surface area contributed by atoms with E-state index in [-0.39, 0.29) is 0 Å². The van der Waals surface area contributed by atoms with Gasteiger partial charge in [0.2, 0.25) is 0 Å². The maximum atomic E-state index is 5.93. The predicted octanol–water partition coefficient (Wildman–Crippen LogP) is 3.24. The Morgan fingerprint density at radius 3 is 2.85 bits per heavy atom. The average Bonchev–Trinajstić information content (AvgIpc) is 2.19. The first-order chi connectivity index (χ1) is 6.33. The number of hydrogen-bond acceptors (Lipinski definition) is 1. The minimum atomic E-state index is 0.604. The van der Waals surface area contributed by atoms with Gasteiger partial charge in [-0.2, -0.15) is 0 Å². The lowest BCUT2D eigenvalue weighted by atomic mass is 9.69. The Morgan fingerprint density at radius 1 is 1.23 bits per heavy atom. The Bertz CT molecular complexity index is 167. The standard InChI is InChI=1S/C12H22O/c1-3-10-6-7-11-5-4-8-13-12(11)9(10)2/h9-12H,3-8H2,1-2H3/t9-,10?,11?,12?/m0/s1. The molecule has 0 aromatic heterocycles. The quantitative estimate of drug-likeness (QED) is 0.605. The van der Waals surface area contributed by atoms with E-state index < -0.39 is 0 Å². The van der Waals surface area contributed by atoms with E-state index >= 15 is 0 Å². The van der Waals surface area contributed by atoms with Crippen LogP contribution in [0.25, 0.3) is 0 Å². The van der Waals surface area contributed by atoms with Gasteiger partial charge in [0.15, 0.2) is 0 Å². The van der Waals surface area contributed by atoms with Gasteiger partial charge in [0.1, 0.15) is 0 Å². The monoisotopic (exact) mass is 182 g/mol. The van der Waals surface area contributed by atoms with Crippen LogP contribution in [0.5, 0.6) is 0 Å². The maximum absolute atomic E-state index is 5.93. The first-order valence-corrected chi connectivity index (χ1v) is 5.94. The zero-order valence-electron chi connectivity index (χ0n) is 8.96. The Hall–Kier alpha value is -0.0400. The van der Waals surface area contributed by atoms with Crippen LogP contribution in [0.2, 0.25) is 0 Å². The van der Waals surface area contributed by atoms with E-state index in [1.54, 1.807) is 0 Å². The van der Waals surface area contributed by atoms with Crippen molar-refractivity contribution in [3.63, 3.8) is 0 Å². The van der Waals surface area contributed by atoms with Gasteiger partial charge in [-0.15, -0.1) is 0 Å². The Kier molecular flexibility index (Phi) is 2.92. The molecule has 2 rings (SSSR count). The molecule has 1 aliphatic heterocycles. The van der Waals surface area contributed by atoms with Gasteiger partial charge in [-0.25, -0.2) is 0 Å². The summed E-state index contributed by atoms with van der Waals surface area (Å²) in [5.41, 5.74) is 0. The zero-order valence-corrected chi connectivity index (χ0v) is 8.96. The minimum absolute atomic E-state index is 0.604. The minimum Gasteiger partial charge on any atom is -0.378 e. The molecule has 0 radical (unpaired) electrons. The fourth-order valence-electron chi connectivity index (χ4n) is 3.29. The molecule has 0 amide bonds. The van der Waals surface area contributed by atoms with E-state index in [0.717, 1.165) is 24.4 Å². The third-order valence-electron chi connectivity index (χ3n) is 4.19. The van der Waals surface area contributed by atoms with Crippen LogP contribution < -0.4 is 0 Å². The normalized spacial score (nSPS) is 45.7. The maximum Gasteiger partial charge on any atom is 0.0631 e. The van der Waals surface area contributed by atoms with Gasteiger partial charge < -0.3 is 4.74 Å². The van der Waals surface area contributed by atoms with E-state index in [1.807, 2.05) is 0 Å². The molecular formula is C12H22O. The smallest absolute Gasteiger partial charge is 0.0631 e. The van der Waals surface area contributed by atoms with E-state index in [0.29, 0.717) is 6.10 Å². The lowest BCUT2D eigenvalue weighted by molar-refractivity contribution is -0.0938. The summed E-state index contributed by atoms with van der Waals surface area (Å²) in [6.45, 7) is 5.74. The molecule has 1 nitrogen and oxygen atoms in total. The lowest BCUT2D eigenvalue weighted by Gasteiger charge is -2.43. The van der Waals surface area contributed by atoms with Gasteiger partial charge in [0.05, 0.1) is 6.10 Å². The molecule has 1 aliphatic carbocycles. The highest BCUT2D eigenvalue weighted by Crippen LogP contribution is 2.41. The largest absolute Gasteiger partial charge is 0.378 e. The average molecular weight is 182 g/mol. The molecule has 0 aromatic rings. The molecule has 4 atom stereocenters. The third kappa shape index (κ3) is 1.76. The number of ether oxygens (including phenoxy) is 1. The highest BCUT2D eigenvalue weighted by molar-refractivity contribution is 4.87. The molecule has 0 spiro atoms. The molecule has 0 aromatic carbocycles. The van der Waals surface area contributed by atoms with Crippen molar-refractivity contribution in [1.29, 1.82) is 0 Å². The first-order valence-electron chi connectivity index (χ1n) is 5.94. The van der Waals surface area contributed by atoms with Gasteiger partial charge in [0, 0.05) is 6.61 Å². The summed E-state index contributed by atoms with van der Waals surface area (Å²) >= 11 is 0. The van der Waals surface area contributed by atoms with E-state index in [4.69, 9.17) is 4.74 Å². The Balaban J connectivity index is 2.01. The van der Waals surface area contributed by atoms with Crippen molar-refractivity contribution in [2.75, 3.05) is 6.61 Å². The summed E-state index contributed by atoms with van der Waals surface area (Å²) in [5, 5.41) is 0. The van der Waals surface area contributed by atoms with Crippen LogP contribution in [-0.4, -0.2) is 12.7 Å². The first kappa shape index (κ1) is 9.51. The van der Waals surface area contributed by atoms with Crippen LogP contribution in [0.15, 0.2) is 0 Å². The summed E-state index contributed by atoms with van der Waals surface area (Å²) in [5.74, 6) is 2.63. The third-order valence-corrected chi connectivity index (χ3v) is 4.19. The van der Waals surface area contributed by atoms with Crippen LogP contribution in [-0.2, 0) is 4.74 Å². The molecular weight excluding hydrogens is 160 g/mol. The van der Waals surface area contributed by atoms with E-state index in [9.17, 15) is 0 Å². The van der Waals surface area contributed by atoms with Gasteiger partial charge in [0.25, 0.3) is 0 Å². The summed E-state index contributed by atoms with van der Waals surface area (Å²) in [6.07, 6.45) is 7.53. The molecule has 13 heavy (non-hydrogen) atoms. The van der Waals surface area contributed by atoms with Crippen molar-refractivity contribution in [3.8, 4) is 0 Å². The predicted molar refractivity (Wildman–Crippen MR) is 54.6 cm³/mol.